The first-order valence-electron chi connectivity index (χ1n) is 11.0. The Morgan fingerprint density at radius 1 is 1.00 bits per heavy atom. The zero-order chi connectivity index (χ0) is 29.2. The number of benzene rings is 2. The van der Waals surface area contributed by atoms with Gasteiger partial charge in [0.2, 0.25) is 5.91 Å². The highest BCUT2D eigenvalue weighted by Crippen LogP contribution is 2.31. The third-order valence-corrected chi connectivity index (χ3v) is 7.10. The number of rotatable bonds is 13. The van der Waals surface area contributed by atoms with E-state index in [1.807, 2.05) is 0 Å². The summed E-state index contributed by atoms with van der Waals surface area (Å²) in [5, 5.41) is 10.2. The number of carbonyl (C=O) groups excluding carboxylic acids is 4. The Balaban J connectivity index is 2.13. The number of carboxylic acids is 1. The molecule has 1 atom stereocenters. The van der Waals surface area contributed by atoms with Gasteiger partial charge in [-0.15, -0.1) is 0 Å². The van der Waals surface area contributed by atoms with E-state index in [9.17, 15) is 32.4 Å². The van der Waals surface area contributed by atoms with Crippen molar-refractivity contribution in [3.8, 4) is 0 Å². The molecule has 5 N–H and O–H groups in total. The second-order valence-corrected chi connectivity index (χ2v) is 10.1. The van der Waals surface area contributed by atoms with E-state index in [1.54, 1.807) is 35.1 Å². The van der Waals surface area contributed by atoms with Crippen molar-refractivity contribution in [3.05, 3.63) is 63.6 Å². The fraction of sp³-hybridized carbons (Fsp3) is 0.261. The maximum atomic E-state index is 12.7. The highest BCUT2D eigenvalue weighted by molar-refractivity contribution is 7.90. The fourth-order valence-corrected chi connectivity index (χ4v) is 4.88. The summed E-state index contributed by atoms with van der Waals surface area (Å²) < 4.78 is 36.4. The van der Waals surface area contributed by atoms with E-state index in [0.717, 1.165) is 12.1 Å². The van der Waals surface area contributed by atoms with Gasteiger partial charge in [-0.25, -0.2) is 22.7 Å². The van der Waals surface area contributed by atoms with Gasteiger partial charge in [0.25, 0.3) is 10.0 Å². The van der Waals surface area contributed by atoms with Crippen molar-refractivity contribution >= 4 is 62.9 Å². The van der Waals surface area contributed by atoms with E-state index >= 15 is 0 Å². The molecule has 0 aliphatic rings. The van der Waals surface area contributed by atoms with Crippen LogP contribution >= 0.6 is 23.2 Å². The Hall–Kier alpha value is -3.72. The van der Waals surface area contributed by atoms with Gasteiger partial charge in [-0.2, -0.15) is 0 Å². The van der Waals surface area contributed by atoms with Crippen molar-refractivity contribution in [2.45, 2.75) is 30.4 Å². The van der Waals surface area contributed by atoms with Crippen LogP contribution in [-0.4, -0.2) is 62.4 Å². The van der Waals surface area contributed by atoms with Gasteiger partial charge in [-0.05, 0) is 24.1 Å². The lowest BCUT2D eigenvalue weighted by Gasteiger charge is -2.17. The van der Waals surface area contributed by atoms with Gasteiger partial charge >= 0.3 is 18.0 Å². The second-order valence-electron chi connectivity index (χ2n) is 7.70. The number of hydrogen-bond acceptors (Lipinski definition) is 10. The Bertz CT molecular complexity index is 1350. The molecule has 0 saturated heterocycles. The van der Waals surface area contributed by atoms with Crippen LogP contribution in [0.2, 0.25) is 10.0 Å². The maximum absolute atomic E-state index is 12.7. The van der Waals surface area contributed by atoms with Crippen LogP contribution in [0.4, 0.5) is 4.79 Å². The third kappa shape index (κ3) is 9.51. The molecule has 2 aromatic carbocycles. The number of Topliss-reactive ketones (excluding diaryl/α,β-unsaturated/α-hetero) is 1. The highest BCUT2D eigenvalue weighted by atomic mass is 35.5. The molecule has 0 aromatic heterocycles. The van der Waals surface area contributed by atoms with E-state index in [2.05, 4.69) is 5.32 Å². The molecule has 16 heteroatoms. The van der Waals surface area contributed by atoms with Crippen LogP contribution in [0.3, 0.4) is 0 Å². The zero-order valence-electron chi connectivity index (χ0n) is 20.0. The molecule has 0 fully saturated rings. The summed E-state index contributed by atoms with van der Waals surface area (Å²) >= 11 is 12.1. The first-order chi connectivity index (χ1) is 18.4. The lowest BCUT2D eigenvalue weighted by atomic mass is 10.1. The van der Waals surface area contributed by atoms with Gasteiger partial charge in [0.1, 0.15) is 11.5 Å². The van der Waals surface area contributed by atoms with Crippen LogP contribution in [0.25, 0.3) is 0 Å². The van der Waals surface area contributed by atoms with Gasteiger partial charge in [0, 0.05) is 6.42 Å². The van der Waals surface area contributed by atoms with E-state index in [1.165, 1.54) is 0 Å². The fourth-order valence-electron chi connectivity index (χ4n) is 2.97. The largest absolute Gasteiger partial charge is 0.481 e. The molecule has 0 radical (unpaired) electrons. The normalized spacial score (nSPS) is 11.7. The monoisotopic (exact) mass is 603 g/mol. The Morgan fingerprint density at radius 2 is 1.67 bits per heavy atom. The molecule has 0 spiro atoms. The quantitative estimate of drug-likeness (QED) is 0.242. The minimum absolute atomic E-state index is 0.122. The minimum atomic E-state index is -4.54. The number of ether oxygens (including phenoxy) is 2. The molecule has 0 heterocycles. The Labute approximate surface area is 232 Å². The summed E-state index contributed by atoms with van der Waals surface area (Å²) in [4.78, 5) is 59.3. The number of esters is 1. The number of nitrogens with two attached hydrogens (primary N) is 1. The summed E-state index contributed by atoms with van der Waals surface area (Å²) in [7, 11) is -4.54. The molecule has 2 amide bonds. The number of halogens is 2. The molecule has 13 nitrogen and oxygen atoms in total. The molecule has 2 aromatic rings. The van der Waals surface area contributed by atoms with Crippen molar-refractivity contribution in [3.63, 3.8) is 0 Å². The highest BCUT2D eigenvalue weighted by Gasteiger charge is 2.29. The zero-order valence-corrected chi connectivity index (χ0v) is 22.3. The van der Waals surface area contributed by atoms with Crippen molar-refractivity contribution in [1.29, 1.82) is 0 Å². The number of sulfonamides is 1. The molecular weight excluding hydrogens is 581 g/mol. The molecule has 210 valence electrons. The SMILES string of the molecule is NCC(=O)NS(=O)(=O)c1ccc(Cl)c(C(=O)OCC(=O)[C@H](CCC(=O)O)NC(=O)OCc2ccccc2)c1Cl. The first kappa shape index (κ1) is 31.5. The van der Waals surface area contributed by atoms with Crippen LogP contribution in [0.15, 0.2) is 47.4 Å². The Kier molecular flexibility index (Phi) is 11.7. The smallest absolute Gasteiger partial charge is 0.408 e. The predicted octanol–water partition coefficient (Wildman–Crippen LogP) is 1.64. The standard InChI is InChI=1S/C23H23Cl2N3O10S/c24-14-6-8-17(39(35,36)28-18(30)10-26)21(25)20(14)22(33)37-12-16(29)15(7-9-19(31)32)27-23(34)38-11-13-4-2-1-3-5-13/h1-6,8,15H,7,9-12,26H2,(H,27,34)(H,28,30)(H,31,32)/t15-/m0/s1. The lowest BCUT2D eigenvalue weighted by Crippen LogP contribution is -2.43. The summed E-state index contributed by atoms with van der Waals surface area (Å²) in [5.74, 6) is -4.49. The van der Waals surface area contributed by atoms with Gasteiger partial charge in [0.15, 0.2) is 12.4 Å². The molecule has 39 heavy (non-hydrogen) atoms. The average Bonchev–Trinajstić information content (AvgIpc) is 2.88. The number of carboxylic acid groups (broad SMARTS) is 1. The van der Waals surface area contributed by atoms with Crippen LogP contribution in [0.1, 0.15) is 28.8 Å². The number of amides is 2. The number of alkyl carbamates (subject to hydrolysis) is 1. The minimum Gasteiger partial charge on any atom is -0.481 e. The topological polar surface area (TPSA) is 208 Å². The van der Waals surface area contributed by atoms with E-state index in [-0.39, 0.29) is 18.1 Å². The molecule has 0 aliphatic carbocycles. The number of hydrogen-bond donors (Lipinski definition) is 4. The average molecular weight is 604 g/mol. The molecular formula is C23H23Cl2N3O10S. The van der Waals surface area contributed by atoms with Crippen molar-refractivity contribution in [2.24, 2.45) is 5.73 Å². The van der Waals surface area contributed by atoms with Gasteiger partial charge < -0.3 is 25.6 Å². The number of carbonyl (C=O) groups is 5. The van der Waals surface area contributed by atoms with Crippen molar-refractivity contribution in [1.82, 2.24) is 10.0 Å². The number of ketones is 1. The third-order valence-electron chi connectivity index (χ3n) is 4.87. The van der Waals surface area contributed by atoms with Crippen LogP contribution in [0.5, 0.6) is 0 Å². The molecule has 0 unspecified atom stereocenters. The molecule has 0 bridgehead atoms. The van der Waals surface area contributed by atoms with E-state index < -0.39 is 80.8 Å². The van der Waals surface area contributed by atoms with E-state index in [4.69, 9.17) is 43.5 Å². The Morgan fingerprint density at radius 3 is 2.28 bits per heavy atom. The van der Waals surface area contributed by atoms with Crippen LogP contribution in [-0.2, 0) is 40.5 Å². The maximum Gasteiger partial charge on any atom is 0.408 e. The summed E-state index contributed by atoms with van der Waals surface area (Å²) in [6.45, 7) is -1.72. The van der Waals surface area contributed by atoms with Crippen molar-refractivity contribution < 1.29 is 47.0 Å². The van der Waals surface area contributed by atoms with E-state index in [0.29, 0.717) is 5.56 Å². The predicted molar refractivity (Wildman–Crippen MR) is 137 cm³/mol. The molecule has 2 rings (SSSR count). The second kappa shape index (κ2) is 14.4. The lowest BCUT2D eigenvalue weighted by molar-refractivity contribution is -0.137. The van der Waals surface area contributed by atoms with Crippen molar-refractivity contribution in [2.75, 3.05) is 13.2 Å². The first-order valence-corrected chi connectivity index (χ1v) is 13.2. The van der Waals surface area contributed by atoms with Gasteiger partial charge in [-0.3, -0.25) is 14.4 Å². The summed E-state index contributed by atoms with van der Waals surface area (Å²) in [6, 6.07) is 9.15. The van der Waals surface area contributed by atoms with Crippen LogP contribution in [0, 0.1) is 0 Å². The van der Waals surface area contributed by atoms with Gasteiger partial charge in [-0.1, -0.05) is 53.5 Å². The molecule has 0 aliphatic heterocycles. The van der Waals surface area contributed by atoms with Crippen LogP contribution < -0.4 is 15.8 Å². The number of aliphatic carboxylic acids is 1. The summed E-state index contributed by atoms with van der Waals surface area (Å²) in [5.41, 5.74) is 5.14. The number of nitrogens with one attached hydrogen (secondary N) is 2. The van der Waals surface area contributed by atoms with Gasteiger partial charge in [0.05, 0.1) is 28.2 Å². The molecule has 0 saturated carbocycles. The summed E-state index contributed by atoms with van der Waals surface area (Å²) in [6.07, 6.45) is -1.87.